The quantitative estimate of drug-likeness (QED) is 0.784. The van der Waals surface area contributed by atoms with Gasteiger partial charge in [0.2, 0.25) is 5.91 Å². The Hall–Kier alpha value is -1.49. The Labute approximate surface area is 86.3 Å². The maximum absolute atomic E-state index is 13.2. The molecule has 0 saturated heterocycles. The van der Waals surface area contributed by atoms with Crippen LogP contribution in [0.3, 0.4) is 0 Å². The number of amides is 1. The van der Waals surface area contributed by atoms with Crippen molar-refractivity contribution in [3.05, 3.63) is 29.3 Å². The molecule has 1 aromatic carbocycles. The van der Waals surface area contributed by atoms with Gasteiger partial charge in [0.25, 0.3) is 0 Å². The Bertz CT molecular complexity index is 391. The molecule has 0 bridgehead atoms. The summed E-state index contributed by atoms with van der Waals surface area (Å²) < 4.78 is 26.3. The topological polar surface area (TPSA) is 55.1 Å². The number of halogens is 2. The van der Waals surface area contributed by atoms with E-state index in [4.69, 9.17) is 5.73 Å². The molecule has 0 radical (unpaired) electrons. The first kappa shape index (κ1) is 11.6. The first-order chi connectivity index (χ1) is 6.91. The van der Waals surface area contributed by atoms with Crippen LogP contribution >= 0.6 is 0 Å². The van der Waals surface area contributed by atoms with Crippen molar-refractivity contribution in [2.45, 2.75) is 19.9 Å². The van der Waals surface area contributed by atoms with Crippen molar-refractivity contribution in [3.8, 4) is 0 Å². The summed E-state index contributed by atoms with van der Waals surface area (Å²) in [5, 5.41) is 2.20. The largest absolute Gasteiger partial charge is 0.322 e. The molecule has 15 heavy (non-hydrogen) atoms. The molecule has 0 saturated carbocycles. The van der Waals surface area contributed by atoms with Crippen LogP contribution < -0.4 is 11.1 Å². The fourth-order valence-corrected chi connectivity index (χ4v) is 0.989. The highest BCUT2D eigenvalue weighted by atomic mass is 19.1. The van der Waals surface area contributed by atoms with Crippen molar-refractivity contribution in [2.75, 3.05) is 5.32 Å². The maximum Gasteiger partial charge on any atom is 0.241 e. The highest BCUT2D eigenvalue weighted by Gasteiger charge is 2.12. The summed E-state index contributed by atoms with van der Waals surface area (Å²) in [6, 6.07) is 1.19. The van der Waals surface area contributed by atoms with Gasteiger partial charge in [0.15, 0.2) is 0 Å². The van der Waals surface area contributed by atoms with Gasteiger partial charge in [-0.2, -0.15) is 0 Å². The number of nitrogens with one attached hydrogen (secondary N) is 1. The van der Waals surface area contributed by atoms with E-state index in [0.29, 0.717) is 0 Å². The lowest BCUT2D eigenvalue weighted by Crippen LogP contribution is -2.32. The summed E-state index contributed by atoms with van der Waals surface area (Å²) in [6.07, 6.45) is 0. The van der Waals surface area contributed by atoms with Crippen LogP contribution in [0.4, 0.5) is 14.5 Å². The van der Waals surface area contributed by atoms with Gasteiger partial charge < -0.3 is 11.1 Å². The second-order valence-electron chi connectivity index (χ2n) is 3.36. The predicted octanol–water partition coefficient (Wildman–Crippen LogP) is 1.56. The van der Waals surface area contributed by atoms with Gasteiger partial charge in [-0.25, -0.2) is 8.78 Å². The van der Waals surface area contributed by atoms with E-state index in [-0.39, 0.29) is 11.3 Å². The van der Waals surface area contributed by atoms with E-state index in [2.05, 4.69) is 5.32 Å². The molecule has 82 valence electrons. The van der Waals surface area contributed by atoms with E-state index in [0.717, 1.165) is 12.1 Å². The van der Waals surface area contributed by atoms with Crippen molar-refractivity contribution in [1.29, 1.82) is 0 Å². The van der Waals surface area contributed by atoms with E-state index in [1.54, 1.807) is 0 Å². The lowest BCUT2D eigenvalue weighted by Gasteiger charge is -2.09. The lowest BCUT2D eigenvalue weighted by molar-refractivity contribution is -0.117. The fraction of sp³-hybridized carbons (Fsp3) is 0.300. The molecule has 0 heterocycles. The number of carbonyl (C=O) groups is 1. The number of anilines is 1. The zero-order valence-electron chi connectivity index (χ0n) is 8.47. The van der Waals surface area contributed by atoms with Crippen molar-refractivity contribution < 1.29 is 13.6 Å². The minimum absolute atomic E-state index is 0.186. The molecule has 3 nitrogen and oxygen atoms in total. The number of hydrogen-bond donors (Lipinski definition) is 2. The number of benzene rings is 1. The van der Waals surface area contributed by atoms with Gasteiger partial charge in [0.05, 0.1) is 11.7 Å². The van der Waals surface area contributed by atoms with Gasteiger partial charge in [0, 0.05) is 6.07 Å². The molecule has 0 aromatic heterocycles. The highest BCUT2D eigenvalue weighted by Crippen LogP contribution is 2.18. The number of aryl methyl sites for hydroxylation is 1. The number of rotatable bonds is 2. The van der Waals surface area contributed by atoms with Crippen LogP contribution in [0.15, 0.2) is 12.1 Å². The summed E-state index contributed by atoms with van der Waals surface area (Å²) >= 11 is 0. The van der Waals surface area contributed by atoms with E-state index < -0.39 is 23.6 Å². The van der Waals surface area contributed by atoms with Crippen molar-refractivity contribution in [1.82, 2.24) is 0 Å². The summed E-state index contributed by atoms with van der Waals surface area (Å²) in [7, 11) is 0. The van der Waals surface area contributed by atoms with Gasteiger partial charge in [-0.3, -0.25) is 4.79 Å². The second-order valence-corrected chi connectivity index (χ2v) is 3.36. The molecular weight excluding hydrogens is 202 g/mol. The molecule has 5 heteroatoms. The van der Waals surface area contributed by atoms with Crippen LogP contribution in [-0.4, -0.2) is 11.9 Å². The van der Waals surface area contributed by atoms with Crippen molar-refractivity contribution in [3.63, 3.8) is 0 Å². The number of nitrogens with two attached hydrogens (primary N) is 1. The minimum Gasteiger partial charge on any atom is -0.322 e. The molecule has 1 aromatic rings. The number of carbonyl (C=O) groups excluding carboxylic acids is 1. The molecule has 0 fully saturated rings. The zero-order chi connectivity index (χ0) is 11.6. The van der Waals surface area contributed by atoms with Gasteiger partial charge in [-0.15, -0.1) is 0 Å². The standard InChI is InChI=1S/C10H12F2N2O/c1-5-3-8(12)9(4-7(5)11)14-10(15)6(2)13/h3-4,6H,13H2,1-2H3,(H,14,15). The first-order valence-corrected chi connectivity index (χ1v) is 4.44. The van der Waals surface area contributed by atoms with Crippen LogP contribution in [0.1, 0.15) is 12.5 Å². The molecule has 3 N–H and O–H groups in total. The molecule has 1 atom stereocenters. The molecule has 0 aliphatic carbocycles. The van der Waals surface area contributed by atoms with Crippen LogP contribution in [-0.2, 0) is 4.79 Å². The molecule has 1 amide bonds. The van der Waals surface area contributed by atoms with Gasteiger partial charge >= 0.3 is 0 Å². The molecule has 1 rings (SSSR count). The zero-order valence-corrected chi connectivity index (χ0v) is 8.47. The molecule has 0 aliphatic rings. The summed E-state index contributed by atoms with van der Waals surface area (Å²) in [5.74, 6) is -1.81. The summed E-state index contributed by atoms with van der Waals surface area (Å²) in [5.41, 5.74) is 5.27. The molecular formula is C10H12F2N2O. The minimum atomic E-state index is -0.770. The summed E-state index contributed by atoms with van der Waals surface area (Å²) in [6.45, 7) is 2.90. The van der Waals surface area contributed by atoms with E-state index in [9.17, 15) is 13.6 Å². The normalized spacial score (nSPS) is 12.3. The van der Waals surface area contributed by atoms with Crippen LogP contribution in [0, 0.1) is 18.6 Å². The third-order valence-electron chi connectivity index (χ3n) is 1.92. The highest BCUT2D eigenvalue weighted by molar-refractivity contribution is 5.94. The van der Waals surface area contributed by atoms with Crippen molar-refractivity contribution in [2.24, 2.45) is 5.73 Å². The maximum atomic E-state index is 13.2. The molecule has 0 aliphatic heterocycles. The Morgan fingerprint density at radius 1 is 1.40 bits per heavy atom. The van der Waals surface area contributed by atoms with Gasteiger partial charge in [-0.1, -0.05) is 0 Å². The Balaban J connectivity index is 2.96. The monoisotopic (exact) mass is 214 g/mol. The lowest BCUT2D eigenvalue weighted by atomic mass is 10.2. The fourth-order valence-electron chi connectivity index (χ4n) is 0.989. The average Bonchev–Trinajstić information content (AvgIpc) is 2.13. The first-order valence-electron chi connectivity index (χ1n) is 4.44. The van der Waals surface area contributed by atoms with Gasteiger partial charge in [-0.05, 0) is 25.5 Å². The SMILES string of the molecule is Cc1cc(F)c(NC(=O)C(C)N)cc1F. The van der Waals surface area contributed by atoms with E-state index in [1.807, 2.05) is 0 Å². The van der Waals surface area contributed by atoms with Crippen molar-refractivity contribution >= 4 is 11.6 Å². The predicted molar refractivity (Wildman–Crippen MR) is 53.4 cm³/mol. The Kier molecular flexibility index (Phi) is 3.36. The molecule has 0 spiro atoms. The van der Waals surface area contributed by atoms with Crippen LogP contribution in [0.2, 0.25) is 0 Å². The average molecular weight is 214 g/mol. The summed E-state index contributed by atoms with van der Waals surface area (Å²) in [4.78, 5) is 11.1. The third-order valence-corrected chi connectivity index (χ3v) is 1.92. The van der Waals surface area contributed by atoms with Crippen LogP contribution in [0.25, 0.3) is 0 Å². The van der Waals surface area contributed by atoms with E-state index >= 15 is 0 Å². The van der Waals surface area contributed by atoms with E-state index in [1.165, 1.54) is 13.8 Å². The van der Waals surface area contributed by atoms with Crippen LogP contribution in [0.5, 0.6) is 0 Å². The third kappa shape index (κ3) is 2.73. The Morgan fingerprint density at radius 2 is 2.00 bits per heavy atom. The molecule has 1 unspecified atom stereocenters. The number of hydrogen-bond acceptors (Lipinski definition) is 2. The Morgan fingerprint density at radius 3 is 2.53 bits per heavy atom. The second kappa shape index (κ2) is 4.35. The van der Waals surface area contributed by atoms with Gasteiger partial charge in [0.1, 0.15) is 11.6 Å². The smallest absolute Gasteiger partial charge is 0.241 e.